The van der Waals surface area contributed by atoms with Gasteiger partial charge in [0.15, 0.2) is 0 Å². The number of ether oxygens (including phenoxy) is 1. The topological polar surface area (TPSA) is 55.5 Å². The van der Waals surface area contributed by atoms with Gasteiger partial charge in [-0.05, 0) is 45.4 Å². The first-order chi connectivity index (χ1) is 6.64. The van der Waals surface area contributed by atoms with E-state index >= 15 is 0 Å². The molecule has 0 aromatic heterocycles. The van der Waals surface area contributed by atoms with Crippen LogP contribution in [0.25, 0.3) is 0 Å². The van der Waals surface area contributed by atoms with E-state index in [1.165, 1.54) is 19.3 Å². The monoisotopic (exact) mass is 201 g/mol. The van der Waals surface area contributed by atoms with Gasteiger partial charge in [-0.2, -0.15) is 0 Å². The van der Waals surface area contributed by atoms with E-state index in [2.05, 4.69) is 0 Å². The molecule has 1 atom stereocenters. The summed E-state index contributed by atoms with van der Waals surface area (Å²) in [4.78, 5) is 0. The van der Waals surface area contributed by atoms with Crippen molar-refractivity contribution in [1.82, 2.24) is 0 Å². The van der Waals surface area contributed by atoms with Crippen LogP contribution in [0.3, 0.4) is 0 Å². The number of unbranched alkanes of at least 4 members (excludes halogenated alkanes) is 1. The zero-order chi connectivity index (χ0) is 10.4. The lowest BCUT2D eigenvalue weighted by Gasteiger charge is -2.26. The smallest absolute Gasteiger partial charge is 0.0741 e. The molecular weight excluding hydrogens is 178 g/mol. The second kappa shape index (κ2) is 5.69. The molecule has 0 aliphatic heterocycles. The minimum absolute atomic E-state index is 0.344. The van der Waals surface area contributed by atoms with Gasteiger partial charge in [-0.3, -0.25) is 0 Å². The van der Waals surface area contributed by atoms with E-state index in [1.54, 1.807) is 6.92 Å². The van der Waals surface area contributed by atoms with Crippen molar-refractivity contribution in [2.24, 2.45) is 5.73 Å². The van der Waals surface area contributed by atoms with Crippen molar-refractivity contribution in [3.63, 3.8) is 0 Å². The Hall–Kier alpha value is -0.120. The van der Waals surface area contributed by atoms with Crippen LogP contribution >= 0.6 is 0 Å². The van der Waals surface area contributed by atoms with Crippen molar-refractivity contribution in [2.75, 3.05) is 13.2 Å². The lowest BCUT2D eigenvalue weighted by molar-refractivity contribution is -0.00283. The van der Waals surface area contributed by atoms with Crippen molar-refractivity contribution in [2.45, 2.75) is 57.2 Å². The Morgan fingerprint density at radius 3 is 2.64 bits per heavy atom. The second-order valence-electron chi connectivity index (χ2n) is 4.58. The molecule has 0 heterocycles. The molecule has 1 saturated carbocycles. The molecule has 1 unspecified atom stereocenters. The van der Waals surface area contributed by atoms with Gasteiger partial charge in [0.05, 0.1) is 11.7 Å². The number of aliphatic hydroxyl groups is 1. The van der Waals surface area contributed by atoms with Gasteiger partial charge >= 0.3 is 0 Å². The van der Waals surface area contributed by atoms with Crippen molar-refractivity contribution >= 4 is 0 Å². The molecule has 0 aromatic rings. The predicted molar refractivity (Wildman–Crippen MR) is 57.1 cm³/mol. The van der Waals surface area contributed by atoms with Crippen molar-refractivity contribution < 1.29 is 9.84 Å². The lowest BCUT2D eigenvalue weighted by Crippen LogP contribution is -2.34. The van der Waals surface area contributed by atoms with Crippen LogP contribution in [0.2, 0.25) is 0 Å². The summed E-state index contributed by atoms with van der Waals surface area (Å²) in [6, 6.07) is 0. The number of hydrogen-bond acceptors (Lipinski definition) is 3. The Labute approximate surface area is 86.6 Å². The average molecular weight is 201 g/mol. The molecule has 1 rings (SSSR count). The Bertz CT molecular complexity index is 155. The quantitative estimate of drug-likeness (QED) is 0.613. The maximum Gasteiger partial charge on any atom is 0.0741 e. The molecule has 1 aliphatic rings. The normalized spacial score (nSPS) is 21.6. The molecule has 3 heteroatoms. The minimum atomic E-state index is -0.684. The fourth-order valence-electron chi connectivity index (χ4n) is 1.50. The first-order valence-electron chi connectivity index (χ1n) is 5.68. The van der Waals surface area contributed by atoms with E-state index in [-0.39, 0.29) is 0 Å². The molecule has 3 nitrogen and oxygen atoms in total. The number of hydrogen-bond donors (Lipinski definition) is 2. The van der Waals surface area contributed by atoms with Crippen LogP contribution in [-0.4, -0.2) is 30.0 Å². The molecule has 84 valence electrons. The molecule has 14 heavy (non-hydrogen) atoms. The molecule has 0 aromatic carbocycles. The van der Waals surface area contributed by atoms with E-state index in [1.807, 2.05) is 0 Å². The number of nitrogens with two attached hydrogens (primary N) is 1. The molecule has 0 spiro atoms. The summed E-state index contributed by atoms with van der Waals surface area (Å²) in [6.45, 7) is 2.97. The standard InChI is InChI=1S/C11H23NO2/c1-11(13,9-12)7-2-3-8-14-10-5-4-6-10/h10,13H,2-9,12H2,1H3. The highest BCUT2D eigenvalue weighted by molar-refractivity contribution is 4.73. The highest BCUT2D eigenvalue weighted by atomic mass is 16.5. The minimum Gasteiger partial charge on any atom is -0.389 e. The zero-order valence-electron chi connectivity index (χ0n) is 9.17. The van der Waals surface area contributed by atoms with Crippen molar-refractivity contribution in [3.05, 3.63) is 0 Å². The Morgan fingerprint density at radius 2 is 2.14 bits per heavy atom. The van der Waals surface area contributed by atoms with Gasteiger partial charge in [0.2, 0.25) is 0 Å². The third-order valence-electron chi connectivity index (χ3n) is 2.96. The summed E-state index contributed by atoms with van der Waals surface area (Å²) in [7, 11) is 0. The Kier molecular flexibility index (Phi) is 4.85. The third-order valence-corrected chi connectivity index (χ3v) is 2.96. The molecule has 0 saturated heterocycles. The Morgan fingerprint density at radius 1 is 1.43 bits per heavy atom. The largest absolute Gasteiger partial charge is 0.389 e. The number of rotatable bonds is 7. The molecule has 1 aliphatic carbocycles. The van der Waals surface area contributed by atoms with Crippen LogP contribution in [0.4, 0.5) is 0 Å². The first-order valence-corrected chi connectivity index (χ1v) is 5.68. The van der Waals surface area contributed by atoms with E-state index in [4.69, 9.17) is 10.5 Å². The van der Waals surface area contributed by atoms with Gasteiger partial charge in [0, 0.05) is 13.2 Å². The second-order valence-corrected chi connectivity index (χ2v) is 4.58. The van der Waals surface area contributed by atoms with Gasteiger partial charge in [-0.15, -0.1) is 0 Å². The lowest BCUT2D eigenvalue weighted by atomic mass is 9.96. The summed E-state index contributed by atoms with van der Waals surface area (Å²) in [5.74, 6) is 0. The van der Waals surface area contributed by atoms with Gasteiger partial charge in [0.1, 0.15) is 0 Å². The predicted octanol–water partition coefficient (Wildman–Crippen LogP) is 1.44. The van der Waals surface area contributed by atoms with Crippen LogP contribution < -0.4 is 5.73 Å². The molecule has 0 radical (unpaired) electrons. The van der Waals surface area contributed by atoms with Crippen LogP contribution in [0.15, 0.2) is 0 Å². The van der Waals surface area contributed by atoms with Gasteiger partial charge in [0.25, 0.3) is 0 Å². The van der Waals surface area contributed by atoms with Gasteiger partial charge < -0.3 is 15.6 Å². The molecule has 3 N–H and O–H groups in total. The van der Waals surface area contributed by atoms with E-state index < -0.39 is 5.60 Å². The summed E-state index contributed by atoms with van der Waals surface area (Å²) >= 11 is 0. The molecular formula is C11H23NO2. The maximum atomic E-state index is 9.62. The highest BCUT2D eigenvalue weighted by Crippen LogP contribution is 2.22. The van der Waals surface area contributed by atoms with Crippen molar-refractivity contribution in [1.29, 1.82) is 0 Å². The van der Waals surface area contributed by atoms with Crippen LogP contribution in [0.1, 0.15) is 45.4 Å². The molecule has 0 amide bonds. The van der Waals surface area contributed by atoms with Crippen molar-refractivity contribution in [3.8, 4) is 0 Å². The zero-order valence-corrected chi connectivity index (χ0v) is 9.17. The molecule has 0 bridgehead atoms. The van der Waals surface area contributed by atoms with Crippen LogP contribution in [0, 0.1) is 0 Å². The first kappa shape index (κ1) is 12.0. The summed E-state index contributed by atoms with van der Waals surface area (Å²) in [5.41, 5.74) is 4.73. The summed E-state index contributed by atoms with van der Waals surface area (Å²) in [5, 5.41) is 9.62. The van der Waals surface area contributed by atoms with Crippen LogP contribution in [0.5, 0.6) is 0 Å². The fraction of sp³-hybridized carbons (Fsp3) is 1.00. The van der Waals surface area contributed by atoms with Gasteiger partial charge in [-0.25, -0.2) is 0 Å². The average Bonchev–Trinajstić information content (AvgIpc) is 2.08. The van der Waals surface area contributed by atoms with Crippen LogP contribution in [-0.2, 0) is 4.74 Å². The highest BCUT2D eigenvalue weighted by Gasteiger charge is 2.18. The summed E-state index contributed by atoms with van der Waals surface area (Å²) < 4.78 is 5.61. The molecule has 1 fully saturated rings. The van der Waals surface area contributed by atoms with E-state index in [0.717, 1.165) is 25.9 Å². The fourth-order valence-corrected chi connectivity index (χ4v) is 1.50. The summed E-state index contributed by atoms with van der Waals surface area (Å²) in [6.07, 6.45) is 7.14. The maximum absolute atomic E-state index is 9.62. The third kappa shape index (κ3) is 4.40. The Balaban J connectivity index is 1.88. The van der Waals surface area contributed by atoms with E-state index in [0.29, 0.717) is 12.6 Å². The van der Waals surface area contributed by atoms with Gasteiger partial charge in [-0.1, -0.05) is 0 Å². The SMILES string of the molecule is CC(O)(CN)CCCCOC1CCC1. The van der Waals surface area contributed by atoms with E-state index in [9.17, 15) is 5.11 Å².